The van der Waals surface area contributed by atoms with Gasteiger partial charge in [-0.2, -0.15) is 0 Å². The van der Waals surface area contributed by atoms with E-state index >= 15 is 0 Å². The number of rotatable bonds is 8. The number of anilines is 1. The molecule has 0 saturated carbocycles. The number of amides is 1. The number of nitrogens with zero attached hydrogens (tertiary/aromatic N) is 2. The SMILES string of the molecule is COC(=O)c1ccccc1-c1cc(Cl)cc(N(CC(=N/C=C(C)C)/C(C)=C(\C)OC)C(=O)OC(C)(C)C)c1. The molecule has 0 radical (unpaired) electrons. The van der Waals surface area contributed by atoms with Crippen LogP contribution in [0.5, 0.6) is 0 Å². The second kappa shape index (κ2) is 13.3. The first-order valence-electron chi connectivity index (χ1n) is 12.2. The molecule has 204 valence electrons. The summed E-state index contributed by atoms with van der Waals surface area (Å²) in [5, 5.41) is 0.383. The van der Waals surface area contributed by atoms with E-state index in [0.29, 0.717) is 38.9 Å². The number of methoxy groups -OCH3 is 2. The van der Waals surface area contributed by atoms with Gasteiger partial charge in [0.1, 0.15) is 5.60 Å². The van der Waals surface area contributed by atoms with Gasteiger partial charge in [-0.25, -0.2) is 9.59 Å². The van der Waals surface area contributed by atoms with Gasteiger partial charge in [-0.1, -0.05) is 35.4 Å². The lowest BCUT2D eigenvalue weighted by Gasteiger charge is -2.28. The predicted molar refractivity (Wildman–Crippen MR) is 154 cm³/mol. The van der Waals surface area contributed by atoms with E-state index < -0.39 is 17.7 Å². The fourth-order valence-corrected chi connectivity index (χ4v) is 3.69. The van der Waals surface area contributed by atoms with Gasteiger partial charge >= 0.3 is 12.1 Å². The molecule has 0 atom stereocenters. The zero-order valence-corrected chi connectivity index (χ0v) is 24.4. The van der Waals surface area contributed by atoms with Gasteiger partial charge < -0.3 is 14.2 Å². The van der Waals surface area contributed by atoms with Crippen molar-refractivity contribution in [2.75, 3.05) is 25.7 Å². The summed E-state index contributed by atoms with van der Waals surface area (Å²) in [6, 6.07) is 12.3. The molecule has 0 aliphatic carbocycles. The van der Waals surface area contributed by atoms with Gasteiger partial charge in [0.25, 0.3) is 0 Å². The Balaban J connectivity index is 2.75. The van der Waals surface area contributed by atoms with Crippen LogP contribution < -0.4 is 4.90 Å². The fraction of sp³-hybridized carbons (Fsp3) is 0.367. The number of ether oxygens (including phenoxy) is 3. The van der Waals surface area contributed by atoms with E-state index in [1.807, 2.05) is 33.8 Å². The molecule has 0 aliphatic heterocycles. The first-order valence-corrected chi connectivity index (χ1v) is 12.6. The van der Waals surface area contributed by atoms with Crippen LogP contribution in [0.3, 0.4) is 0 Å². The van der Waals surface area contributed by atoms with Crippen molar-refractivity contribution in [3.63, 3.8) is 0 Å². The highest BCUT2D eigenvalue weighted by molar-refractivity contribution is 6.31. The minimum atomic E-state index is -0.737. The number of hydrogen-bond acceptors (Lipinski definition) is 6. The van der Waals surface area contributed by atoms with Gasteiger partial charge in [-0.3, -0.25) is 9.89 Å². The number of aliphatic imine (C=N–C) groups is 1. The van der Waals surface area contributed by atoms with E-state index in [1.54, 1.807) is 70.5 Å². The second-order valence-electron chi connectivity index (χ2n) is 9.97. The molecule has 8 heteroatoms. The summed E-state index contributed by atoms with van der Waals surface area (Å²) in [6.45, 7) is 13.1. The topological polar surface area (TPSA) is 77.4 Å². The molecule has 38 heavy (non-hydrogen) atoms. The highest BCUT2D eigenvalue weighted by atomic mass is 35.5. The number of carbonyl (C=O) groups is 2. The van der Waals surface area contributed by atoms with Crippen molar-refractivity contribution >= 4 is 35.1 Å². The van der Waals surface area contributed by atoms with E-state index in [1.165, 1.54) is 12.0 Å². The molecule has 0 N–H and O–H groups in total. The average Bonchev–Trinajstić information content (AvgIpc) is 2.85. The highest BCUT2D eigenvalue weighted by Crippen LogP contribution is 2.32. The highest BCUT2D eigenvalue weighted by Gasteiger charge is 2.27. The van der Waals surface area contributed by atoms with Crippen LogP contribution in [0, 0.1) is 0 Å². The van der Waals surface area contributed by atoms with Crippen molar-refractivity contribution in [2.45, 2.75) is 54.1 Å². The quantitative estimate of drug-likeness (QED) is 0.193. The third-order valence-electron chi connectivity index (χ3n) is 5.51. The van der Waals surface area contributed by atoms with E-state index in [0.717, 1.165) is 11.1 Å². The molecule has 0 heterocycles. The van der Waals surface area contributed by atoms with Crippen molar-refractivity contribution in [1.82, 2.24) is 0 Å². The van der Waals surface area contributed by atoms with E-state index in [-0.39, 0.29) is 6.54 Å². The number of carbonyl (C=O) groups excluding carboxylic acids is 2. The maximum absolute atomic E-state index is 13.5. The van der Waals surface area contributed by atoms with Crippen molar-refractivity contribution in [1.29, 1.82) is 0 Å². The van der Waals surface area contributed by atoms with Crippen molar-refractivity contribution < 1.29 is 23.8 Å². The molecule has 0 fully saturated rings. The van der Waals surface area contributed by atoms with E-state index in [2.05, 4.69) is 4.99 Å². The van der Waals surface area contributed by atoms with E-state index in [9.17, 15) is 9.59 Å². The Hall–Kier alpha value is -3.58. The van der Waals surface area contributed by atoms with Gasteiger partial charge in [0.05, 0.1) is 37.8 Å². The molecule has 0 bridgehead atoms. The number of allylic oxidation sites excluding steroid dienone is 2. The van der Waals surface area contributed by atoms with Crippen LogP contribution in [0.15, 0.2) is 70.6 Å². The maximum Gasteiger partial charge on any atom is 0.415 e. The molecule has 0 unspecified atom stereocenters. The first kappa shape index (κ1) is 30.6. The van der Waals surface area contributed by atoms with Crippen LogP contribution in [0.2, 0.25) is 5.02 Å². The summed E-state index contributed by atoms with van der Waals surface area (Å²) >= 11 is 6.56. The molecule has 2 aromatic carbocycles. The smallest absolute Gasteiger partial charge is 0.415 e. The Morgan fingerprint density at radius 2 is 1.66 bits per heavy atom. The fourth-order valence-electron chi connectivity index (χ4n) is 3.46. The van der Waals surface area contributed by atoms with Crippen molar-refractivity contribution in [3.8, 4) is 11.1 Å². The van der Waals surface area contributed by atoms with Crippen LogP contribution in [0.1, 0.15) is 58.8 Å². The normalized spacial score (nSPS) is 12.3. The zero-order valence-electron chi connectivity index (χ0n) is 23.6. The Morgan fingerprint density at radius 1 is 1.00 bits per heavy atom. The van der Waals surface area contributed by atoms with Gasteiger partial charge in [0.15, 0.2) is 0 Å². The van der Waals surface area contributed by atoms with Crippen LogP contribution in [0.4, 0.5) is 10.5 Å². The molecule has 2 aromatic rings. The summed E-state index contributed by atoms with van der Waals surface area (Å²) in [6.07, 6.45) is 1.17. The summed E-state index contributed by atoms with van der Waals surface area (Å²) in [4.78, 5) is 32.1. The lowest BCUT2D eigenvalue weighted by Crippen LogP contribution is -2.40. The number of halogens is 1. The van der Waals surface area contributed by atoms with Gasteiger partial charge in [0, 0.05) is 22.5 Å². The van der Waals surface area contributed by atoms with Gasteiger partial charge in [0.2, 0.25) is 0 Å². The molecule has 0 spiro atoms. The molecular weight excluding hydrogens is 504 g/mol. The minimum Gasteiger partial charge on any atom is -0.501 e. The molecule has 2 rings (SSSR count). The Bertz CT molecular complexity index is 1270. The molecule has 0 saturated heterocycles. The van der Waals surface area contributed by atoms with Crippen molar-refractivity contribution in [2.24, 2.45) is 4.99 Å². The van der Waals surface area contributed by atoms with Crippen LogP contribution >= 0.6 is 11.6 Å². The van der Waals surface area contributed by atoms with Gasteiger partial charge in [-0.05, 0) is 83.9 Å². The number of hydrogen-bond donors (Lipinski definition) is 0. The van der Waals surface area contributed by atoms with Gasteiger partial charge in [-0.15, -0.1) is 0 Å². The van der Waals surface area contributed by atoms with Crippen molar-refractivity contribution in [3.05, 3.63) is 76.2 Å². The van der Waals surface area contributed by atoms with E-state index in [4.69, 9.17) is 25.8 Å². The Kier molecular flexibility index (Phi) is 10.7. The Morgan fingerprint density at radius 3 is 2.24 bits per heavy atom. The lowest BCUT2D eigenvalue weighted by atomic mass is 9.99. The third-order valence-corrected chi connectivity index (χ3v) is 5.72. The van der Waals surface area contributed by atoms with Crippen LogP contribution in [-0.2, 0) is 14.2 Å². The first-order chi connectivity index (χ1) is 17.8. The molecule has 7 nitrogen and oxygen atoms in total. The maximum atomic E-state index is 13.5. The second-order valence-corrected chi connectivity index (χ2v) is 10.4. The number of benzene rings is 2. The third kappa shape index (κ3) is 8.48. The minimum absolute atomic E-state index is 0.0870. The monoisotopic (exact) mass is 540 g/mol. The lowest BCUT2D eigenvalue weighted by molar-refractivity contribution is 0.0580. The summed E-state index contributed by atoms with van der Waals surface area (Å²) < 4.78 is 16.2. The Labute approximate surface area is 230 Å². The molecule has 0 aliphatic rings. The van der Waals surface area contributed by atoms with Crippen LogP contribution in [-0.4, -0.2) is 44.1 Å². The molecular formula is C30H37ClN2O5. The summed E-state index contributed by atoms with van der Waals surface area (Å²) in [7, 11) is 2.92. The summed E-state index contributed by atoms with van der Waals surface area (Å²) in [5.41, 5.74) is 3.80. The predicted octanol–water partition coefficient (Wildman–Crippen LogP) is 7.84. The molecule has 0 aromatic heterocycles. The zero-order chi connectivity index (χ0) is 28.6. The number of esters is 1. The average molecular weight is 541 g/mol. The summed E-state index contributed by atoms with van der Waals surface area (Å²) in [5.74, 6) is 0.201. The largest absolute Gasteiger partial charge is 0.501 e. The molecule has 1 amide bonds. The standard InChI is InChI=1S/C30H37ClN2O5/c1-19(2)17-32-27(20(3)21(4)36-8)18-33(29(35)38-30(5,6)7)24-15-22(14-23(31)16-24)25-12-10-11-13-26(25)28(34)37-9/h10-17H,18H2,1-9H3/b21-20+,32-27-. The van der Waals surface area contributed by atoms with Crippen LogP contribution in [0.25, 0.3) is 11.1 Å².